The van der Waals surface area contributed by atoms with Crippen LogP contribution in [0.3, 0.4) is 0 Å². The van der Waals surface area contributed by atoms with Gasteiger partial charge in [-0.3, -0.25) is 4.79 Å². The summed E-state index contributed by atoms with van der Waals surface area (Å²) < 4.78 is 5.26. The molecule has 33 heavy (non-hydrogen) atoms. The van der Waals surface area contributed by atoms with Gasteiger partial charge in [-0.05, 0) is 49.8 Å². The average Bonchev–Trinajstić information content (AvgIpc) is 2.84. The molecule has 1 heterocycles. The van der Waals surface area contributed by atoms with Gasteiger partial charge in [-0.25, -0.2) is 14.8 Å². The Labute approximate surface area is 198 Å². The lowest BCUT2D eigenvalue weighted by atomic mass is 10.1. The Bertz CT molecular complexity index is 924. The molecule has 176 valence electrons. The standard InChI is InChI=1S/C28H36N2O3/c1-4-6-8-10-11-12-14-23-20-29-27(30-21-23)24-16-18-25(19-17-24)28(32)33-22(3)26(31)15-13-9-7-5-2/h16-22H,4-12,14H2,1-3H3/t22-/m0/s1. The first-order valence-corrected chi connectivity index (χ1v) is 12.2. The Morgan fingerprint density at radius 2 is 1.55 bits per heavy atom. The monoisotopic (exact) mass is 448 g/mol. The molecule has 0 bridgehead atoms. The van der Waals surface area contributed by atoms with E-state index in [1.807, 2.05) is 12.4 Å². The van der Waals surface area contributed by atoms with Crippen molar-refractivity contribution in [3.63, 3.8) is 0 Å². The van der Waals surface area contributed by atoms with Crippen molar-refractivity contribution < 1.29 is 14.3 Å². The molecule has 0 N–H and O–H groups in total. The van der Waals surface area contributed by atoms with Crippen LogP contribution in [0.4, 0.5) is 0 Å². The highest BCUT2D eigenvalue weighted by Gasteiger charge is 2.17. The van der Waals surface area contributed by atoms with Crippen molar-refractivity contribution in [2.24, 2.45) is 0 Å². The van der Waals surface area contributed by atoms with Gasteiger partial charge in [-0.15, -0.1) is 0 Å². The Morgan fingerprint density at radius 3 is 2.21 bits per heavy atom. The molecule has 0 aliphatic heterocycles. The van der Waals surface area contributed by atoms with E-state index in [-0.39, 0.29) is 5.78 Å². The van der Waals surface area contributed by atoms with Crippen LogP contribution < -0.4 is 0 Å². The third kappa shape index (κ3) is 9.57. The zero-order valence-corrected chi connectivity index (χ0v) is 20.2. The number of Topliss-reactive ketones (excluding diaryl/α,β-unsaturated/α-hetero) is 1. The highest BCUT2D eigenvalue weighted by Crippen LogP contribution is 2.17. The van der Waals surface area contributed by atoms with E-state index in [2.05, 4.69) is 35.7 Å². The topological polar surface area (TPSA) is 69.2 Å². The number of aromatic nitrogens is 2. The van der Waals surface area contributed by atoms with Crippen molar-refractivity contribution in [3.05, 3.63) is 47.8 Å². The number of unbranched alkanes of at least 4 members (excludes halogenated alkanes) is 7. The van der Waals surface area contributed by atoms with E-state index in [1.54, 1.807) is 31.2 Å². The van der Waals surface area contributed by atoms with Crippen molar-refractivity contribution in [3.8, 4) is 23.2 Å². The molecule has 2 rings (SSSR count). The van der Waals surface area contributed by atoms with E-state index < -0.39 is 12.1 Å². The van der Waals surface area contributed by atoms with Crippen LogP contribution in [0.1, 0.15) is 94.5 Å². The predicted molar refractivity (Wildman–Crippen MR) is 132 cm³/mol. The molecule has 0 saturated carbocycles. The number of carbonyl (C=O) groups is 2. The number of carbonyl (C=O) groups excluding carboxylic acids is 2. The fourth-order valence-electron chi connectivity index (χ4n) is 3.30. The summed E-state index contributed by atoms with van der Waals surface area (Å²) in [4.78, 5) is 33.3. The lowest BCUT2D eigenvalue weighted by Gasteiger charge is -2.09. The van der Waals surface area contributed by atoms with Gasteiger partial charge >= 0.3 is 5.97 Å². The van der Waals surface area contributed by atoms with Gasteiger partial charge in [0, 0.05) is 24.4 Å². The Kier molecular flexibility index (Phi) is 11.9. The number of ether oxygens (including phenoxy) is 1. The molecule has 0 aliphatic rings. The quantitative estimate of drug-likeness (QED) is 0.154. The normalized spacial score (nSPS) is 11.4. The van der Waals surface area contributed by atoms with Gasteiger partial charge in [0.2, 0.25) is 5.78 Å². The second-order valence-electron chi connectivity index (χ2n) is 8.33. The van der Waals surface area contributed by atoms with Gasteiger partial charge in [-0.2, -0.15) is 0 Å². The molecular formula is C28H36N2O3. The van der Waals surface area contributed by atoms with Gasteiger partial charge in [0.1, 0.15) is 0 Å². The molecule has 5 heteroatoms. The smallest absolute Gasteiger partial charge is 0.338 e. The Hall–Kier alpha value is -3.00. The molecule has 1 aromatic heterocycles. The second-order valence-corrected chi connectivity index (χ2v) is 8.33. The largest absolute Gasteiger partial charge is 0.450 e. The number of benzene rings is 1. The van der Waals surface area contributed by atoms with Crippen LogP contribution in [0.25, 0.3) is 11.4 Å². The van der Waals surface area contributed by atoms with E-state index in [9.17, 15) is 9.59 Å². The highest BCUT2D eigenvalue weighted by atomic mass is 16.5. The van der Waals surface area contributed by atoms with Crippen LogP contribution in [0.2, 0.25) is 0 Å². The fraction of sp³-hybridized carbons (Fsp3) is 0.500. The van der Waals surface area contributed by atoms with Crippen molar-refractivity contribution in [1.29, 1.82) is 0 Å². The average molecular weight is 449 g/mol. The molecule has 1 atom stereocenters. The van der Waals surface area contributed by atoms with Crippen molar-refractivity contribution in [1.82, 2.24) is 9.97 Å². The molecular weight excluding hydrogens is 412 g/mol. The summed E-state index contributed by atoms with van der Waals surface area (Å²) in [5, 5.41) is 0. The number of nitrogens with zero attached hydrogens (tertiary/aromatic N) is 2. The van der Waals surface area contributed by atoms with Gasteiger partial charge in [0.05, 0.1) is 5.56 Å². The van der Waals surface area contributed by atoms with Gasteiger partial charge in [0.15, 0.2) is 11.9 Å². The first kappa shape index (κ1) is 26.3. The van der Waals surface area contributed by atoms with Gasteiger partial charge in [0.25, 0.3) is 0 Å². The van der Waals surface area contributed by atoms with Crippen molar-refractivity contribution in [2.75, 3.05) is 0 Å². The SMILES string of the molecule is CCCCC#CC(=O)[C@H](C)OC(=O)c1ccc(-c2ncc(CCCCCCCC)cn2)cc1. The van der Waals surface area contributed by atoms with Crippen LogP contribution in [0, 0.1) is 11.8 Å². The predicted octanol–water partition coefficient (Wildman–Crippen LogP) is 6.35. The second kappa shape index (κ2) is 14.9. The lowest BCUT2D eigenvalue weighted by molar-refractivity contribution is -0.121. The summed E-state index contributed by atoms with van der Waals surface area (Å²) in [5.41, 5.74) is 2.34. The summed E-state index contributed by atoms with van der Waals surface area (Å²) >= 11 is 0. The van der Waals surface area contributed by atoms with Gasteiger partial charge in [-0.1, -0.05) is 70.4 Å². The van der Waals surface area contributed by atoms with Crippen LogP contribution in [-0.4, -0.2) is 27.8 Å². The van der Waals surface area contributed by atoms with Crippen molar-refractivity contribution in [2.45, 2.75) is 91.1 Å². The number of esters is 1. The third-order valence-electron chi connectivity index (χ3n) is 5.42. The van der Waals surface area contributed by atoms with E-state index in [0.717, 1.165) is 36.8 Å². The Morgan fingerprint density at radius 1 is 0.909 bits per heavy atom. The minimum atomic E-state index is -0.895. The third-order valence-corrected chi connectivity index (χ3v) is 5.42. The minimum Gasteiger partial charge on any atom is -0.450 e. The minimum absolute atomic E-state index is 0.372. The van der Waals surface area contributed by atoms with Crippen molar-refractivity contribution >= 4 is 11.8 Å². The van der Waals surface area contributed by atoms with E-state index >= 15 is 0 Å². The molecule has 0 radical (unpaired) electrons. The van der Waals surface area contributed by atoms with Crippen LogP contribution in [0.5, 0.6) is 0 Å². The molecule has 1 aromatic carbocycles. The molecule has 2 aromatic rings. The summed E-state index contributed by atoms with van der Waals surface area (Å²) in [6.45, 7) is 5.84. The number of hydrogen-bond donors (Lipinski definition) is 0. The maximum Gasteiger partial charge on any atom is 0.338 e. The zero-order chi connectivity index (χ0) is 23.9. The number of hydrogen-bond acceptors (Lipinski definition) is 5. The van der Waals surface area contributed by atoms with E-state index in [4.69, 9.17) is 4.74 Å². The highest BCUT2D eigenvalue weighted by molar-refractivity contribution is 6.01. The maximum atomic E-state index is 12.4. The molecule has 0 saturated heterocycles. The molecule has 5 nitrogen and oxygen atoms in total. The van der Waals surface area contributed by atoms with Gasteiger partial charge < -0.3 is 4.74 Å². The van der Waals surface area contributed by atoms with Crippen LogP contribution in [-0.2, 0) is 16.0 Å². The summed E-state index contributed by atoms with van der Waals surface area (Å²) in [7, 11) is 0. The number of aryl methyl sites for hydroxylation is 1. The van der Waals surface area contributed by atoms with E-state index in [1.165, 1.54) is 32.1 Å². The molecule has 0 aliphatic carbocycles. The lowest BCUT2D eigenvalue weighted by Crippen LogP contribution is -2.23. The Balaban J connectivity index is 1.85. The molecule has 0 amide bonds. The molecule has 0 unspecified atom stereocenters. The van der Waals surface area contributed by atoms with Crippen LogP contribution >= 0.6 is 0 Å². The first-order chi connectivity index (χ1) is 16.0. The summed E-state index contributed by atoms with van der Waals surface area (Å²) in [6, 6.07) is 6.90. The summed E-state index contributed by atoms with van der Waals surface area (Å²) in [6.07, 6.45) is 14.1. The zero-order valence-electron chi connectivity index (χ0n) is 20.2. The number of ketones is 1. The molecule has 0 fully saturated rings. The summed E-state index contributed by atoms with van der Waals surface area (Å²) in [5.74, 6) is 5.06. The first-order valence-electron chi connectivity index (χ1n) is 12.2. The van der Waals surface area contributed by atoms with E-state index in [0.29, 0.717) is 17.8 Å². The van der Waals surface area contributed by atoms with Crippen LogP contribution in [0.15, 0.2) is 36.7 Å². The number of rotatable bonds is 13. The molecule has 0 spiro atoms. The fourth-order valence-corrected chi connectivity index (χ4v) is 3.30. The maximum absolute atomic E-state index is 12.4.